The first-order valence-corrected chi connectivity index (χ1v) is 18.8. The quantitative estimate of drug-likeness (QED) is 0.159. The van der Waals surface area contributed by atoms with Gasteiger partial charge in [-0.15, -0.1) is 0 Å². The minimum atomic E-state index is -0.818. The zero-order valence-electron chi connectivity index (χ0n) is 31.5. The first kappa shape index (κ1) is 36.4. The van der Waals surface area contributed by atoms with Gasteiger partial charge < -0.3 is 20.0 Å². The molecule has 0 amide bonds. The molecule has 0 atom stereocenters. The predicted octanol–water partition coefficient (Wildman–Crippen LogP) is 9.92. The highest BCUT2D eigenvalue weighted by molar-refractivity contribution is 6.17. The molecule has 7 nitrogen and oxygen atoms in total. The number of carboxylic acid groups (broad SMARTS) is 2. The fourth-order valence-corrected chi connectivity index (χ4v) is 8.42. The Balaban J connectivity index is 1.41. The summed E-state index contributed by atoms with van der Waals surface area (Å²) in [6.07, 6.45) is 10.6. The molecule has 7 rings (SSSR count). The minimum Gasteiger partial charge on any atom is -0.481 e. The summed E-state index contributed by atoms with van der Waals surface area (Å²) in [7, 11) is 0. The Morgan fingerprint density at radius 2 is 0.944 bits per heavy atom. The van der Waals surface area contributed by atoms with Crippen molar-refractivity contribution < 1.29 is 19.8 Å². The predicted molar refractivity (Wildman–Crippen MR) is 219 cm³/mol. The molecule has 2 heterocycles. The summed E-state index contributed by atoms with van der Waals surface area (Å²) in [4.78, 5) is 27.9. The summed E-state index contributed by atoms with van der Waals surface area (Å²) in [5.74, 6) is -1.64. The average molecular weight is 719 g/mol. The number of nitrogens with zero attached hydrogens (tertiary/aromatic N) is 3. The molecule has 54 heavy (non-hydrogen) atoms. The van der Waals surface area contributed by atoms with Gasteiger partial charge in [0.15, 0.2) is 0 Å². The number of fused-ring (bicyclic) bond motifs is 2. The maximum absolute atomic E-state index is 11.8. The number of allylic oxidation sites excluding steroid dienone is 8. The monoisotopic (exact) mass is 718 g/mol. The molecule has 0 saturated heterocycles. The number of aliphatic carboxylic acids is 2. The van der Waals surface area contributed by atoms with Gasteiger partial charge in [0, 0.05) is 82.1 Å². The highest BCUT2D eigenvalue weighted by Gasteiger charge is 2.41. The molecule has 1 aliphatic carbocycles. The van der Waals surface area contributed by atoms with E-state index in [1.54, 1.807) is 0 Å². The SMILES string of the molecule is CC1(C)C(=CC=C2CC/C(=C\C=C3\N(CCC(=O)O)c4ccccc4C3(C)C)C2=[N+](c2ccccc2)c2ccccc2)N(CCC(=O)O)c2ccccc21. The number of rotatable bonds is 10. The Labute approximate surface area is 318 Å². The number of anilines is 2. The number of benzene rings is 4. The summed E-state index contributed by atoms with van der Waals surface area (Å²) >= 11 is 0. The molecule has 274 valence electrons. The minimum absolute atomic E-state index is 0.0384. The molecule has 0 spiro atoms. The number of para-hydroxylation sites is 4. The first-order chi connectivity index (χ1) is 26.0. The largest absolute Gasteiger partial charge is 0.481 e. The van der Waals surface area contributed by atoms with E-state index in [0.717, 1.165) is 52.7 Å². The van der Waals surface area contributed by atoms with E-state index in [0.29, 0.717) is 13.1 Å². The van der Waals surface area contributed by atoms with Crippen molar-refractivity contribution in [2.24, 2.45) is 0 Å². The number of hydrogen-bond donors (Lipinski definition) is 2. The van der Waals surface area contributed by atoms with Gasteiger partial charge in [-0.2, -0.15) is 4.58 Å². The van der Waals surface area contributed by atoms with Crippen LogP contribution in [0.5, 0.6) is 0 Å². The summed E-state index contributed by atoms with van der Waals surface area (Å²) in [5.41, 5.74) is 11.5. The van der Waals surface area contributed by atoms with Crippen molar-refractivity contribution in [2.75, 3.05) is 22.9 Å². The second kappa shape index (κ2) is 14.8. The molecule has 2 aliphatic heterocycles. The van der Waals surface area contributed by atoms with Crippen LogP contribution in [0.4, 0.5) is 22.7 Å². The Bertz CT molecular complexity index is 2090. The summed E-state index contributed by atoms with van der Waals surface area (Å²) in [6, 6.07) is 37.5. The number of hydrogen-bond acceptors (Lipinski definition) is 4. The van der Waals surface area contributed by atoms with E-state index in [4.69, 9.17) is 0 Å². The lowest BCUT2D eigenvalue weighted by Crippen LogP contribution is -2.28. The second-order valence-electron chi connectivity index (χ2n) is 15.2. The van der Waals surface area contributed by atoms with Crippen LogP contribution in [0.2, 0.25) is 0 Å². The fraction of sp³-hybridized carbons (Fsp3) is 0.255. The third kappa shape index (κ3) is 6.82. The van der Waals surface area contributed by atoms with Gasteiger partial charge >= 0.3 is 11.9 Å². The topological polar surface area (TPSA) is 84.1 Å². The van der Waals surface area contributed by atoms with E-state index in [1.807, 2.05) is 24.3 Å². The first-order valence-electron chi connectivity index (χ1n) is 18.8. The Morgan fingerprint density at radius 1 is 0.574 bits per heavy atom. The fourth-order valence-electron chi connectivity index (χ4n) is 8.42. The molecule has 0 bridgehead atoms. The summed E-state index contributed by atoms with van der Waals surface area (Å²) < 4.78 is 2.34. The molecule has 0 radical (unpaired) electrons. The normalized spacial score (nSPS) is 19.9. The van der Waals surface area contributed by atoms with Crippen molar-refractivity contribution in [2.45, 2.75) is 64.2 Å². The molecule has 1 saturated carbocycles. The van der Waals surface area contributed by atoms with Crippen molar-refractivity contribution in [1.82, 2.24) is 4.58 Å². The molecule has 2 N–H and O–H groups in total. The van der Waals surface area contributed by atoms with Crippen LogP contribution < -0.4 is 14.4 Å². The molecular formula is C47H48N3O4+. The van der Waals surface area contributed by atoms with Gasteiger partial charge in [0.1, 0.15) is 0 Å². The van der Waals surface area contributed by atoms with Gasteiger partial charge in [0.2, 0.25) is 17.1 Å². The van der Waals surface area contributed by atoms with E-state index in [9.17, 15) is 19.8 Å². The summed E-state index contributed by atoms with van der Waals surface area (Å²) in [5, 5.41) is 19.3. The third-order valence-electron chi connectivity index (χ3n) is 11.1. The van der Waals surface area contributed by atoms with Crippen LogP contribution in [0.15, 0.2) is 156 Å². The lowest BCUT2D eigenvalue weighted by molar-refractivity contribution is -0.137. The Hall–Kier alpha value is -5.95. The molecular weight excluding hydrogens is 671 g/mol. The van der Waals surface area contributed by atoms with Crippen LogP contribution >= 0.6 is 0 Å². The van der Waals surface area contributed by atoms with E-state index in [1.165, 1.54) is 22.3 Å². The van der Waals surface area contributed by atoms with Gasteiger partial charge in [-0.05, 0) is 48.3 Å². The highest BCUT2D eigenvalue weighted by atomic mass is 16.4. The molecule has 4 aromatic carbocycles. The van der Waals surface area contributed by atoms with Gasteiger partial charge in [0.25, 0.3) is 0 Å². The van der Waals surface area contributed by atoms with Gasteiger partial charge in [-0.25, -0.2) is 0 Å². The van der Waals surface area contributed by atoms with Crippen LogP contribution in [0, 0.1) is 0 Å². The van der Waals surface area contributed by atoms with Crippen LogP contribution in [-0.4, -0.2) is 41.0 Å². The third-order valence-corrected chi connectivity index (χ3v) is 11.1. The van der Waals surface area contributed by atoms with Crippen molar-refractivity contribution in [3.63, 3.8) is 0 Å². The van der Waals surface area contributed by atoms with Crippen molar-refractivity contribution in [3.05, 3.63) is 167 Å². The van der Waals surface area contributed by atoms with E-state index in [-0.39, 0.29) is 23.7 Å². The zero-order chi connectivity index (χ0) is 38.0. The van der Waals surface area contributed by atoms with Crippen molar-refractivity contribution in [3.8, 4) is 0 Å². The summed E-state index contributed by atoms with van der Waals surface area (Å²) in [6.45, 7) is 9.63. The average Bonchev–Trinajstić information content (AvgIpc) is 3.73. The van der Waals surface area contributed by atoms with Gasteiger partial charge in [0.05, 0.1) is 12.8 Å². The molecule has 4 aromatic rings. The van der Waals surface area contributed by atoms with E-state index < -0.39 is 11.9 Å². The van der Waals surface area contributed by atoms with Crippen LogP contribution in [-0.2, 0) is 20.4 Å². The van der Waals surface area contributed by atoms with Crippen molar-refractivity contribution in [1.29, 1.82) is 0 Å². The lowest BCUT2D eigenvalue weighted by atomic mass is 9.83. The van der Waals surface area contributed by atoms with Crippen LogP contribution in [0.25, 0.3) is 0 Å². The Morgan fingerprint density at radius 3 is 1.33 bits per heavy atom. The smallest absolute Gasteiger partial charge is 0.305 e. The molecule has 0 unspecified atom stereocenters. The highest BCUT2D eigenvalue weighted by Crippen LogP contribution is 2.49. The maximum atomic E-state index is 11.8. The van der Waals surface area contributed by atoms with Crippen LogP contribution in [0.3, 0.4) is 0 Å². The molecule has 1 fully saturated rings. The maximum Gasteiger partial charge on any atom is 0.305 e. The van der Waals surface area contributed by atoms with Crippen molar-refractivity contribution >= 4 is 40.4 Å². The standard InChI is InChI=1S/C47H47N3O4/c1-46(2)37-19-11-13-21-39(37)48(31-29-43(51)52)41(46)27-25-33-23-24-34(45(33)50(35-15-7-5-8-16-35)36-17-9-6-10-18-36)26-28-42-47(3,4)38-20-12-14-22-40(38)49(42)32-30-44(53)54/h5-22,25-28H,23-24,29-32H2,1-4H3,(H-,51,52,53,54)/p+1. The molecule has 7 heteroatoms. The van der Waals surface area contributed by atoms with Gasteiger partial charge in [-0.1, -0.05) is 113 Å². The Kier molecular flexibility index (Phi) is 9.99. The van der Waals surface area contributed by atoms with E-state index in [2.05, 4.69) is 151 Å². The zero-order valence-corrected chi connectivity index (χ0v) is 31.5. The van der Waals surface area contributed by atoms with Crippen LogP contribution in [0.1, 0.15) is 64.5 Å². The van der Waals surface area contributed by atoms with Gasteiger partial charge in [-0.3, -0.25) is 9.59 Å². The number of carbonyl (C=O) groups is 2. The van der Waals surface area contributed by atoms with E-state index >= 15 is 0 Å². The molecule has 0 aromatic heterocycles. The number of carboxylic acids is 2. The second-order valence-corrected chi connectivity index (χ2v) is 15.2. The lowest BCUT2D eigenvalue weighted by Gasteiger charge is -2.26. The molecule has 3 aliphatic rings.